The Morgan fingerprint density at radius 1 is 0.956 bits per heavy atom. The van der Waals surface area contributed by atoms with E-state index in [0.717, 1.165) is 59.8 Å². The van der Waals surface area contributed by atoms with Gasteiger partial charge in [0.15, 0.2) is 17.8 Å². The van der Waals surface area contributed by atoms with Gasteiger partial charge in [-0.3, -0.25) is 14.7 Å². The number of hydrogen-bond donors (Lipinski definition) is 2. The smallest absolute Gasteiger partial charge is 0.253 e. The van der Waals surface area contributed by atoms with E-state index in [-0.39, 0.29) is 24.7 Å². The van der Waals surface area contributed by atoms with Crippen molar-refractivity contribution in [1.82, 2.24) is 15.2 Å². The first kappa shape index (κ1) is 30.7. The van der Waals surface area contributed by atoms with Crippen LogP contribution in [0.15, 0.2) is 85.2 Å². The Labute approximate surface area is 263 Å². The molecule has 4 aromatic rings. The lowest BCUT2D eigenvalue weighted by Crippen LogP contribution is -2.41. The van der Waals surface area contributed by atoms with Crippen LogP contribution in [0.5, 0.6) is 11.5 Å². The number of fused-ring (bicyclic) bond motifs is 1. The molecule has 2 aliphatic heterocycles. The molecule has 0 unspecified atom stereocenters. The van der Waals surface area contributed by atoms with Crippen LogP contribution in [0.25, 0.3) is 0 Å². The largest absolute Gasteiger partial charge is 0.493 e. The number of aliphatic hydroxyl groups excluding tert-OH is 1. The zero-order valence-electron chi connectivity index (χ0n) is 25.6. The molecule has 2 aliphatic rings. The van der Waals surface area contributed by atoms with Gasteiger partial charge in [-0.05, 0) is 58.5 Å². The first-order valence-corrected chi connectivity index (χ1v) is 15.3. The first-order chi connectivity index (χ1) is 22.0. The lowest BCUT2D eigenvalue weighted by atomic mass is 9.97. The van der Waals surface area contributed by atoms with E-state index < -0.39 is 6.29 Å². The van der Waals surface area contributed by atoms with Crippen LogP contribution in [-0.2, 0) is 35.6 Å². The monoisotopic (exact) mass is 609 g/mol. The van der Waals surface area contributed by atoms with E-state index in [1.807, 2.05) is 48.5 Å². The van der Waals surface area contributed by atoms with E-state index in [1.54, 1.807) is 38.7 Å². The molecule has 9 nitrogen and oxygen atoms in total. The molecule has 0 aliphatic carbocycles. The molecule has 1 amide bonds. The molecule has 45 heavy (non-hydrogen) atoms. The van der Waals surface area contributed by atoms with Crippen LogP contribution in [0, 0.1) is 0 Å². The number of benzene rings is 3. The second kappa shape index (κ2) is 14.2. The van der Waals surface area contributed by atoms with Crippen LogP contribution in [0.3, 0.4) is 0 Å². The van der Waals surface area contributed by atoms with Crippen LogP contribution in [0.1, 0.15) is 62.6 Å². The van der Waals surface area contributed by atoms with Gasteiger partial charge in [-0.15, -0.1) is 0 Å². The number of aliphatic hydroxyl groups is 1. The van der Waals surface area contributed by atoms with Crippen LogP contribution in [0.4, 0.5) is 0 Å². The van der Waals surface area contributed by atoms with Crippen molar-refractivity contribution in [3.63, 3.8) is 0 Å². The molecule has 2 N–H and O–H groups in total. The number of ether oxygens (including phenoxy) is 4. The van der Waals surface area contributed by atoms with Crippen molar-refractivity contribution in [2.75, 3.05) is 27.3 Å². The van der Waals surface area contributed by atoms with E-state index in [9.17, 15) is 9.90 Å². The molecule has 3 atom stereocenters. The van der Waals surface area contributed by atoms with Gasteiger partial charge in [-0.1, -0.05) is 48.5 Å². The first-order valence-electron chi connectivity index (χ1n) is 15.3. The summed E-state index contributed by atoms with van der Waals surface area (Å²) >= 11 is 0. The van der Waals surface area contributed by atoms with Crippen LogP contribution in [0.2, 0.25) is 0 Å². The summed E-state index contributed by atoms with van der Waals surface area (Å²) in [6, 6.07) is 23.6. The minimum absolute atomic E-state index is 0.00228. The number of carbonyl (C=O) groups is 1. The predicted octanol–water partition coefficient (Wildman–Crippen LogP) is 5.12. The summed E-state index contributed by atoms with van der Waals surface area (Å²) in [5, 5.41) is 12.5. The van der Waals surface area contributed by atoms with Gasteiger partial charge in [0, 0.05) is 50.6 Å². The summed E-state index contributed by atoms with van der Waals surface area (Å²) < 4.78 is 24.2. The SMILES string of the molecule is COc1cc2c(cc1OC)CN(C[C@@H]1C[C@H](c3ccc(CO)cc3)O[C@H](c3ccc(CNC(=O)c4cccnc4)cc3)O1)CC2. The number of methoxy groups -OCH3 is 2. The van der Waals surface area contributed by atoms with Gasteiger partial charge in [0.2, 0.25) is 0 Å². The van der Waals surface area contributed by atoms with E-state index >= 15 is 0 Å². The van der Waals surface area contributed by atoms with Gasteiger partial charge in [0.05, 0.1) is 38.6 Å². The van der Waals surface area contributed by atoms with Crippen molar-refractivity contribution in [2.24, 2.45) is 0 Å². The molecule has 0 saturated carbocycles. The zero-order valence-corrected chi connectivity index (χ0v) is 25.6. The highest BCUT2D eigenvalue weighted by Crippen LogP contribution is 2.39. The summed E-state index contributed by atoms with van der Waals surface area (Å²) in [5.74, 6) is 1.34. The summed E-state index contributed by atoms with van der Waals surface area (Å²) in [4.78, 5) is 18.9. The second-order valence-electron chi connectivity index (χ2n) is 11.5. The van der Waals surface area contributed by atoms with Crippen molar-refractivity contribution in [2.45, 2.75) is 51.0 Å². The molecule has 0 spiro atoms. The minimum atomic E-state index is -0.549. The quantitative estimate of drug-likeness (QED) is 0.255. The average Bonchev–Trinajstić information content (AvgIpc) is 3.10. The summed E-state index contributed by atoms with van der Waals surface area (Å²) in [6.07, 6.45) is 4.05. The Hall–Kier alpha value is -4.28. The van der Waals surface area contributed by atoms with Crippen LogP contribution >= 0.6 is 0 Å². The number of amides is 1. The molecular weight excluding hydrogens is 570 g/mol. The predicted molar refractivity (Wildman–Crippen MR) is 169 cm³/mol. The molecule has 234 valence electrons. The number of rotatable bonds is 10. The lowest BCUT2D eigenvalue weighted by molar-refractivity contribution is -0.253. The Morgan fingerprint density at radius 2 is 1.67 bits per heavy atom. The van der Waals surface area contributed by atoms with Gasteiger partial charge in [0.1, 0.15) is 0 Å². The molecule has 0 bridgehead atoms. The third-order valence-electron chi connectivity index (χ3n) is 8.50. The fourth-order valence-corrected chi connectivity index (χ4v) is 5.99. The Kier molecular flexibility index (Phi) is 9.71. The Balaban J connectivity index is 1.16. The summed E-state index contributed by atoms with van der Waals surface area (Å²) in [6.45, 7) is 2.88. The summed E-state index contributed by atoms with van der Waals surface area (Å²) in [5.41, 5.74) is 6.86. The highest BCUT2D eigenvalue weighted by atomic mass is 16.7. The number of nitrogens with one attached hydrogen (secondary N) is 1. The maximum atomic E-state index is 12.5. The maximum Gasteiger partial charge on any atom is 0.253 e. The maximum absolute atomic E-state index is 12.5. The topological polar surface area (TPSA) is 102 Å². The molecular formula is C36H39N3O6. The fraction of sp³-hybridized carbons (Fsp3) is 0.333. The van der Waals surface area contributed by atoms with Gasteiger partial charge < -0.3 is 29.4 Å². The fourth-order valence-electron chi connectivity index (χ4n) is 5.99. The van der Waals surface area contributed by atoms with E-state index in [2.05, 4.69) is 27.3 Å². The van der Waals surface area contributed by atoms with Crippen LogP contribution < -0.4 is 14.8 Å². The molecule has 1 fully saturated rings. The lowest BCUT2D eigenvalue weighted by Gasteiger charge is -2.39. The third-order valence-corrected chi connectivity index (χ3v) is 8.50. The molecule has 6 rings (SSSR count). The summed E-state index contributed by atoms with van der Waals surface area (Å²) in [7, 11) is 3.33. The average molecular weight is 610 g/mol. The Morgan fingerprint density at radius 3 is 2.36 bits per heavy atom. The van der Waals surface area contributed by atoms with Crippen molar-refractivity contribution < 1.29 is 28.8 Å². The number of carbonyl (C=O) groups excluding carboxylic acids is 1. The van der Waals surface area contributed by atoms with Gasteiger partial charge in [-0.25, -0.2) is 0 Å². The van der Waals surface area contributed by atoms with Crippen molar-refractivity contribution >= 4 is 5.91 Å². The highest BCUT2D eigenvalue weighted by Gasteiger charge is 2.34. The van der Waals surface area contributed by atoms with Crippen molar-refractivity contribution in [3.8, 4) is 11.5 Å². The zero-order chi connectivity index (χ0) is 31.2. The van der Waals surface area contributed by atoms with Crippen molar-refractivity contribution in [1.29, 1.82) is 0 Å². The molecule has 1 aromatic heterocycles. The van der Waals surface area contributed by atoms with Gasteiger partial charge >= 0.3 is 0 Å². The second-order valence-corrected chi connectivity index (χ2v) is 11.5. The number of hydrogen-bond acceptors (Lipinski definition) is 8. The third kappa shape index (κ3) is 7.34. The van der Waals surface area contributed by atoms with E-state index in [0.29, 0.717) is 18.5 Å². The molecule has 0 radical (unpaired) electrons. The van der Waals surface area contributed by atoms with Crippen molar-refractivity contribution in [3.05, 3.63) is 124 Å². The normalized spacial score (nSPS) is 19.8. The molecule has 3 heterocycles. The number of nitrogens with zero attached hydrogens (tertiary/aromatic N) is 2. The number of aromatic nitrogens is 1. The molecule has 1 saturated heterocycles. The van der Waals surface area contributed by atoms with Crippen LogP contribution in [-0.4, -0.2) is 54.3 Å². The van der Waals surface area contributed by atoms with Gasteiger partial charge in [0.25, 0.3) is 5.91 Å². The minimum Gasteiger partial charge on any atom is -0.493 e. The molecule has 3 aromatic carbocycles. The highest BCUT2D eigenvalue weighted by molar-refractivity contribution is 5.93. The molecule has 9 heteroatoms. The van der Waals surface area contributed by atoms with E-state index in [4.69, 9.17) is 18.9 Å². The van der Waals surface area contributed by atoms with Gasteiger partial charge in [-0.2, -0.15) is 0 Å². The number of pyridine rings is 1. The standard InChI is InChI=1S/C36H39N3O6/c1-42-33-16-28-13-15-39(21-30(28)17-34(33)43-2)22-31-18-32(26-9-7-25(23-40)8-10-26)45-36(44-31)27-11-5-24(6-12-27)19-38-35(41)29-4-3-14-37-20-29/h3-12,14,16-17,20,31-32,36,40H,13,15,18-19,21-23H2,1-2H3,(H,38,41)/t31-,32+,36+/m0/s1. The van der Waals surface area contributed by atoms with E-state index in [1.165, 1.54) is 11.1 Å². The Bertz CT molecular complexity index is 1580.